The molecule has 1 saturated carbocycles. The van der Waals surface area contributed by atoms with Gasteiger partial charge in [-0.05, 0) is 91.2 Å². The monoisotopic (exact) mass is 564 g/mol. The minimum Gasteiger partial charge on any atom is -0.303 e. The fourth-order valence-corrected chi connectivity index (χ4v) is 7.39. The molecule has 2 unspecified atom stereocenters. The Bertz CT molecular complexity index is 1350. The topological polar surface area (TPSA) is 49.4 Å². The molecule has 0 aromatic heterocycles. The maximum Gasteiger partial charge on any atom is 0.416 e. The fraction of sp³-hybridized carbons (Fsp3) is 0.379. The third-order valence-electron chi connectivity index (χ3n) is 7.99. The second-order valence-corrected chi connectivity index (χ2v) is 12.2. The standard InChI is InChI=1S/C29H29F5N2O2S/c30-23-9-4-19(5-10-23)26(20-6-11-24(31)12-7-20)14-15-36-17-21-8-13-28(27(21)18-36)35-39(37,38)25-3-1-2-22(16-25)29(32,33)34/h1-7,9-12,16,21,26-28,35H,8,13-15,17-18H2/t21-,27?,28?/m0/s1. The number of sulfonamides is 1. The van der Waals surface area contributed by atoms with Gasteiger partial charge < -0.3 is 4.90 Å². The molecule has 2 aliphatic rings. The fourth-order valence-electron chi connectivity index (χ4n) is 6.02. The molecule has 1 aliphatic carbocycles. The lowest BCUT2D eigenvalue weighted by molar-refractivity contribution is -0.137. The van der Waals surface area contributed by atoms with Crippen LogP contribution in [0.1, 0.15) is 41.9 Å². The molecule has 5 rings (SSSR count). The van der Waals surface area contributed by atoms with Gasteiger partial charge in [-0.2, -0.15) is 13.2 Å². The van der Waals surface area contributed by atoms with Crippen LogP contribution in [-0.2, 0) is 16.2 Å². The van der Waals surface area contributed by atoms with E-state index < -0.39 is 26.7 Å². The van der Waals surface area contributed by atoms with Gasteiger partial charge in [-0.1, -0.05) is 30.3 Å². The van der Waals surface area contributed by atoms with Crippen molar-refractivity contribution in [1.29, 1.82) is 0 Å². The second kappa shape index (κ2) is 11.0. The number of likely N-dealkylation sites (tertiary alicyclic amines) is 1. The molecule has 2 fully saturated rings. The molecule has 3 atom stereocenters. The van der Waals surface area contributed by atoms with Crippen molar-refractivity contribution in [1.82, 2.24) is 9.62 Å². The number of benzene rings is 3. The van der Waals surface area contributed by atoms with Crippen LogP contribution in [0.2, 0.25) is 0 Å². The van der Waals surface area contributed by atoms with E-state index in [1.54, 1.807) is 24.3 Å². The SMILES string of the molecule is O=S(=O)(NC1CC[C@H]2CN(CCC(c3ccc(F)cc3)c3ccc(F)cc3)CC12)c1cccc(C(F)(F)F)c1. The molecule has 1 N–H and O–H groups in total. The Morgan fingerprint density at radius 1 is 0.872 bits per heavy atom. The Labute approximate surface area is 224 Å². The molecule has 1 heterocycles. The van der Waals surface area contributed by atoms with Crippen molar-refractivity contribution in [2.45, 2.75) is 42.3 Å². The van der Waals surface area contributed by atoms with Gasteiger partial charge in [-0.15, -0.1) is 0 Å². The van der Waals surface area contributed by atoms with Crippen LogP contribution < -0.4 is 4.72 Å². The van der Waals surface area contributed by atoms with E-state index in [0.717, 1.165) is 36.2 Å². The molecule has 0 bridgehead atoms. The van der Waals surface area contributed by atoms with E-state index in [1.165, 1.54) is 30.3 Å². The molecule has 0 spiro atoms. The van der Waals surface area contributed by atoms with Crippen LogP contribution >= 0.6 is 0 Å². The Morgan fingerprint density at radius 2 is 1.49 bits per heavy atom. The normalized spacial score (nSPS) is 21.9. The molecule has 39 heavy (non-hydrogen) atoms. The minimum absolute atomic E-state index is 0.0562. The van der Waals surface area contributed by atoms with Gasteiger partial charge in [-0.3, -0.25) is 0 Å². The molecule has 3 aromatic carbocycles. The third kappa shape index (κ3) is 6.34. The average Bonchev–Trinajstić information content (AvgIpc) is 3.47. The van der Waals surface area contributed by atoms with Gasteiger partial charge in [-0.25, -0.2) is 21.9 Å². The van der Waals surface area contributed by atoms with E-state index in [0.29, 0.717) is 32.0 Å². The number of rotatable bonds is 8. The summed E-state index contributed by atoms with van der Waals surface area (Å²) in [6, 6.07) is 16.0. The minimum atomic E-state index is -4.63. The largest absolute Gasteiger partial charge is 0.416 e. The lowest BCUT2D eigenvalue weighted by Gasteiger charge is -2.24. The second-order valence-electron chi connectivity index (χ2n) is 10.5. The van der Waals surface area contributed by atoms with E-state index in [4.69, 9.17) is 0 Å². The number of nitrogens with zero attached hydrogens (tertiary/aromatic N) is 1. The highest BCUT2D eigenvalue weighted by Gasteiger charge is 2.44. The number of fused-ring (bicyclic) bond motifs is 1. The third-order valence-corrected chi connectivity index (χ3v) is 9.48. The van der Waals surface area contributed by atoms with Crippen molar-refractivity contribution in [2.75, 3.05) is 19.6 Å². The predicted molar refractivity (Wildman–Crippen MR) is 137 cm³/mol. The smallest absolute Gasteiger partial charge is 0.303 e. The van der Waals surface area contributed by atoms with E-state index >= 15 is 0 Å². The van der Waals surface area contributed by atoms with Crippen LogP contribution in [-0.4, -0.2) is 39.0 Å². The molecule has 0 amide bonds. The first-order valence-electron chi connectivity index (χ1n) is 12.9. The number of halogens is 5. The molecule has 0 radical (unpaired) electrons. The summed E-state index contributed by atoms with van der Waals surface area (Å²) in [5.74, 6) is -0.387. The van der Waals surface area contributed by atoms with E-state index in [-0.39, 0.29) is 35.4 Å². The lowest BCUT2D eigenvalue weighted by Crippen LogP contribution is -2.39. The van der Waals surface area contributed by atoms with Crippen LogP contribution in [0.15, 0.2) is 77.7 Å². The Morgan fingerprint density at radius 3 is 2.08 bits per heavy atom. The van der Waals surface area contributed by atoms with Crippen molar-refractivity contribution < 1.29 is 30.4 Å². The quantitative estimate of drug-likeness (QED) is 0.332. The summed E-state index contributed by atoms with van der Waals surface area (Å²) in [6.45, 7) is 2.17. The first kappa shape index (κ1) is 27.7. The maximum absolute atomic E-state index is 13.5. The van der Waals surface area contributed by atoms with Crippen molar-refractivity contribution in [3.8, 4) is 0 Å². The molecule has 208 valence electrons. The summed E-state index contributed by atoms with van der Waals surface area (Å²) in [5.41, 5.74) is 0.849. The Balaban J connectivity index is 1.25. The van der Waals surface area contributed by atoms with Crippen molar-refractivity contribution in [2.24, 2.45) is 11.8 Å². The van der Waals surface area contributed by atoms with Crippen LogP contribution in [0, 0.1) is 23.5 Å². The number of alkyl halides is 3. The zero-order chi connectivity index (χ0) is 27.8. The zero-order valence-electron chi connectivity index (χ0n) is 21.0. The van der Waals surface area contributed by atoms with Gasteiger partial charge >= 0.3 is 6.18 Å². The van der Waals surface area contributed by atoms with Crippen LogP contribution in [0.25, 0.3) is 0 Å². The molecule has 10 heteroatoms. The summed E-state index contributed by atoms with van der Waals surface area (Å²) in [6.07, 6.45) is -2.46. The number of hydrogen-bond acceptors (Lipinski definition) is 3. The number of hydrogen-bond donors (Lipinski definition) is 1. The molecule has 4 nitrogen and oxygen atoms in total. The maximum atomic E-state index is 13.5. The van der Waals surface area contributed by atoms with Gasteiger partial charge in [0.15, 0.2) is 0 Å². The van der Waals surface area contributed by atoms with Crippen molar-refractivity contribution in [3.63, 3.8) is 0 Å². The summed E-state index contributed by atoms with van der Waals surface area (Å²) >= 11 is 0. The zero-order valence-corrected chi connectivity index (χ0v) is 21.9. The van der Waals surface area contributed by atoms with Crippen molar-refractivity contribution in [3.05, 3.63) is 101 Å². The highest BCUT2D eigenvalue weighted by Crippen LogP contribution is 2.40. The Hall–Kier alpha value is -2.82. The molecular formula is C29H29F5N2O2S. The van der Waals surface area contributed by atoms with E-state index in [2.05, 4.69) is 9.62 Å². The summed E-state index contributed by atoms with van der Waals surface area (Å²) in [7, 11) is -4.12. The van der Waals surface area contributed by atoms with Gasteiger partial charge in [0.1, 0.15) is 11.6 Å². The summed E-state index contributed by atoms with van der Waals surface area (Å²) < 4.78 is 95.0. The molecule has 3 aromatic rings. The Kier molecular flexibility index (Phi) is 7.81. The van der Waals surface area contributed by atoms with Crippen molar-refractivity contribution >= 4 is 10.0 Å². The van der Waals surface area contributed by atoms with Gasteiger partial charge in [0.2, 0.25) is 10.0 Å². The first-order valence-corrected chi connectivity index (χ1v) is 14.4. The molecule has 1 saturated heterocycles. The van der Waals surface area contributed by atoms with E-state index in [9.17, 15) is 30.4 Å². The summed E-state index contributed by atoms with van der Waals surface area (Å²) in [4.78, 5) is 1.89. The van der Waals surface area contributed by atoms with Gasteiger partial charge in [0, 0.05) is 25.0 Å². The van der Waals surface area contributed by atoms with Crippen LogP contribution in [0.4, 0.5) is 22.0 Å². The van der Waals surface area contributed by atoms with Gasteiger partial charge in [0.05, 0.1) is 10.5 Å². The molecule has 1 aliphatic heterocycles. The van der Waals surface area contributed by atoms with Crippen LogP contribution in [0.5, 0.6) is 0 Å². The summed E-state index contributed by atoms with van der Waals surface area (Å²) in [5, 5.41) is 0. The molecular weight excluding hydrogens is 535 g/mol. The predicted octanol–water partition coefficient (Wildman–Crippen LogP) is 6.19. The number of nitrogens with one attached hydrogen (secondary N) is 1. The first-order chi connectivity index (χ1) is 18.5. The lowest BCUT2D eigenvalue weighted by atomic mass is 9.88. The average molecular weight is 565 g/mol. The highest BCUT2D eigenvalue weighted by atomic mass is 32.2. The van der Waals surface area contributed by atoms with Crippen LogP contribution in [0.3, 0.4) is 0 Å². The van der Waals surface area contributed by atoms with Gasteiger partial charge in [0.25, 0.3) is 0 Å². The van der Waals surface area contributed by atoms with E-state index in [1.807, 2.05) is 0 Å². The highest BCUT2D eigenvalue weighted by molar-refractivity contribution is 7.89.